The van der Waals surface area contributed by atoms with Gasteiger partial charge in [-0.25, -0.2) is 0 Å². The summed E-state index contributed by atoms with van der Waals surface area (Å²) < 4.78 is 2.54. The van der Waals surface area contributed by atoms with Crippen LogP contribution in [0.15, 0.2) is 0 Å². The fourth-order valence-electron chi connectivity index (χ4n) is 1.23. The molecule has 0 radical (unpaired) electrons. The van der Waals surface area contributed by atoms with Gasteiger partial charge in [0.25, 0.3) is 0 Å². The molecule has 0 fully saturated rings. The minimum Gasteiger partial charge on any atom is -0.368 e. The highest BCUT2D eigenvalue weighted by Crippen LogP contribution is 2.41. The topological polar surface area (TPSA) is 43.7 Å². The van der Waals surface area contributed by atoms with E-state index in [1.165, 1.54) is 0 Å². The molecule has 0 saturated heterocycles. The fourth-order valence-corrected chi connectivity index (χ4v) is 2.86. The first-order chi connectivity index (χ1) is 6.16. The van der Waals surface area contributed by atoms with E-state index in [1.807, 2.05) is 6.92 Å². The Kier molecular flexibility index (Phi) is 5.44. The number of rotatable bonds is 4. The number of nitrogens with zero attached hydrogens (tertiary/aromatic N) is 1. The summed E-state index contributed by atoms with van der Waals surface area (Å²) in [6.07, 6.45) is 1.45. The zero-order chi connectivity index (χ0) is 11.5. The summed E-state index contributed by atoms with van der Waals surface area (Å²) in [5.41, 5.74) is 0. The standard InChI is InChI=1S/C10H25NO2S/c1-8(7-9(12)13)11(5)14(6)10(2,3)4/h8-9,12-14H,7H2,1-6H3/t8-/m1/s1. The van der Waals surface area contributed by atoms with Crippen LogP contribution in [0.2, 0.25) is 0 Å². The quantitative estimate of drug-likeness (QED) is 0.498. The van der Waals surface area contributed by atoms with Gasteiger partial charge in [0.15, 0.2) is 6.29 Å². The van der Waals surface area contributed by atoms with Crippen molar-refractivity contribution in [1.82, 2.24) is 4.31 Å². The van der Waals surface area contributed by atoms with E-state index in [9.17, 15) is 0 Å². The van der Waals surface area contributed by atoms with Gasteiger partial charge in [-0.05, 0) is 20.2 Å². The molecular formula is C10H25NO2S. The second-order valence-electron chi connectivity index (χ2n) is 4.83. The van der Waals surface area contributed by atoms with Gasteiger partial charge in [-0.3, -0.25) is 4.31 Å². The first-order valence-electron chi connectivity index (χ1n) is 4.99. The van der Waals surface area contributed by atoms with Gasteiger partial charge in [0.1, 0.15) is 0 Å². The lowest BCUT2D eigenvalue weighted by molar-refractivity contribution is -0.0537. The molecule has 0 rings (SSSR count). The Morgan fingerprint density at radius 1 is 1.29 bits per heavy atom. The molecule has 0 aliphatic heterocycles. The highest BCUT2D eigenvalue weighted by Gasteiger charge is 2.24. The number of thiol groups is 1. The lowest BCUT2D eigenvalue weighted by atomic mass is 10.2. The van der Waals surface area contributed by atoms with Crippen LogP contribution in [-0.2, 0) is 0 Å². The summed E-state index contributed by atoms with van der Waals surface area (Å²) in [4.78, 5) is 0. The Hall–Kier alpha value is 0.230. The Morgan fingerprint density at radius 2 is 1.71 bits per heavy atom. The molecule has 0 aromatic heterocycles. The first kappa shape index (κ1) is 14.2. The lowest BCUT2D eigenvalue weighted by Gasteiger charge is -2.42. The second kappa shape index (κ2) is 5.35. The minimum absolute atomic E-state index is 0.213. The first-order valence-corrected chi connectivity index (χ1v) is 6.73. The summed E-state index contributed by atoms with van der Waals surface area (Å²) in [6, 6.07) is 0.213. The molecular weight excluding hydrogens is 198 g/mol. The van der Waals surface area contributed by atoms with E-state index in [1.54, 1.807) is 0 Å². The van der Waals surface area contributed by atoms with Gasteiger partial charge in [0.05, 0.1) is 0 Å². The van der Waals surface area contributed by atoms with Crippen molar-refractivity contribution in [1.29, 1.82) is 0 Å². The third kappa shape index (κ3) is 4.64. The second-order valence-corrected chi connectivity index (χ2v) is 7.85. The Labute approximate surface area is 90.6 Å². The van der Waals surface area contributed by atoms with Crippen LogP contribution in [-0.4, -0.2) is 44.9 Å². The van der Waals surface area contributed by atoms with Crippen LogP contribution < -0.4 is 0 Å². The van der Waals surface area contributed by atoms with Crippen molar-refractivity contribution in [2.75, 3.05) is 13.3 Å². The van der Waals surface area contributed by atoms with Crippen molar-refractivity contribution in [3.63, 3.8) is 0 Å². The van der Waals surface area contributed by atoms with Gasteiger partial charge in [0.2, 0.25) is 0 Å². The van der Waals surface area contributed by atoms with Gasteiger partial charge in [-0.15, -0.1) is 0 Å². The maximum absolute atomic E-state index is 8.89. The fraction of sp³-hybridized carbons (Fsp3) is 1.00. The summed E-state index contributed by atoms with van der Waals surface area (Å²) in [7, 11) is 2.06. The maximum atomic E-state index is 8.89. The Bertz CT molecular complexity index is 168. The van der Waals surface area contributed by atoms with Gasteiger partial charge in [-0.1, -0.05) is 20.8 Å². The molecule has 0 aliphatic rings. The highest BCUT2D eigenvalue weighted by atomic mass is 32.2. The normalized spacial score (nSPS) is 18.9. The zero-order valence-corrected chi connectivity index (χ0v) is 11.0. The summed E-state index contributed by atoms with van der Waals surface area (Å²) in [6.45, 7) is 8.69. The largest absolute Gasteiger partial charge is 0.368 e. The maximum Gasteiger partial charge on any atom is 0.152 e. The van der Waals surface area contributed by atoms with Gasteiger partial charge < -0.3 is 10.2 Å². The SMILES string of the molecule is C[C@H](CC(O)O)N(C)[SH](C)C(C)(C)C. The molecule has 0 bridgehead atoms. The summed E-state index contributed by atoms with van der Waals surface area (Å²) in [5.74, 6) is 0. The molecule has 0 saturated carbocycles. The van der Waals surface area contributed by atoms with E-state index >= 15 is 0 Å². The molecule has 0 amide bonds. The van der Waals surface area contributed by atoms with E-state index < -0.39 is 6.29 Å². The molecule has 3 nitrogen and oxygen atoms in total. The molecule has 2 N–H and O–H groups in total. The molecule has 1 unspecified atom stereocenters. The predicted molar refractivity (Wildman–Crippen MR) is 64.7 cm³/mol. The van der Waals surface area contributed by atoms with Crippen LogP contribution >= 0.6 is 11.1 Å². The van der Waals surface area contributed by atoms with Crippen LogP contribution in [0.25, 0.3) is 0 Å². The van der Waals surface area contributed by atoms with Gasteiger partial charge in [-0.2, -0.15) is 11.1 Å². The van der Waals surface area contributed by atoms with Crippen LogP contribution in [0.5, 0.6) is 0 Å². The van der Waals surface area contributed by atoms with Crippen LogP contribution in [0.4, 0.5) is 0 Å². The number of aliphatic hydroxyl groups is 2. The molecule has 4 heteroatoms. The molecule has 0 heterocycles. The van der Waals surface area contributed by atoms with E-state index in [4.69, 9.17) is 10.2 Å². The lowest BCUT2D eigenvalue weighted by Crippen LogP contribution is -2.35. The van der Waals surface area contributed by atoms with Gasteiger partial charge in [0, 0.05) is 17.2 Å². The van der Waals surface area contributed by atoms with Crippen LogP contribution in [0, 0.1) is 0 Å². The molecule has 14 heavy (non-hydrogen) atoms. The number of hydrogen-bond acceptors (Lipinski definition) is 3. The van der Waals surface area contributed by atoms with Crippen LogP contribution in [0.1, 0.15) is 34.1 Å². The smallest absolute Gasteiger partial charge is 0.152 e. The van der Waals surface area contributed by atoms with Crippen LogP contribution in [0.3, 0.4) is 0 Å². The van der Waals surface area contributed by atoms with E-state index in [0.717, 1.165) is 0 Å². The predicted octanol–water partition coefficient (Wildman–Crippen LogP) is 1.35. The molecule has 0 spiro atoms. The molecule has 88 valence electrons. The van der Waals surface area contributed by atoms with E-state index in [0.29, 0.717) is 6.42 Å². The third-order valence-corrected chi connectivity index (χ3v) is 5.92. The van der Waals surface area contributed by atoms with Gasteiger partial charge >= 0.3 is 0 Å². The monoisotopic (exact) mass is 223 g/mol. The molecule has 0 aromatic carbocycles. The van der Waals surface area contributed by atoms with Crippen molar-refractivity contribution in [3.8, 4) is 0 Å². The highest BCUT2D eigenvalue weighted by molar-refractivity contribution is 8.15. The van der Waals surface area contributed by atoms with E-state index in [-0.39, 0.29) is 21.9 Å². The molecule has 0 aliphatic carbocycles. The van der Waals surface area contributed by atoms with Crippen molar-refractivity contribution < 1.29 is 10.2 Å². The van der Waals surface area contributed by atoms with Crippen molar-refractivity contribution >= 4 is 11.1 Å². The Balaban J connectivity index is 4.24. The van der Waals surface area contributed by atoms with E-state index in [2.05, 4.69) is 38.4 Å². The number of aliphatic hydroxyl groups excluding tert-OH is 1. The molecule has 0 aromatic rings. The minimum atomic E-state index is -1.20. The third-order valence-electron chi connectivity index (χ3n) is 2.63. The Morgan fingerprint density at radius 3 is 2.00 bits per heavy atom. The van der Waals surface area contributed by atoms with Crippen molar-refractivity contribution in [3.05, 3.63) is 0 Å². The zero-order valence-electron chi connectivity index (χ0n) is 10.2. The average molecular weight is 223 g/mol. The van der Waals surface area contributed by atoms with Crippen molar-refractivity contribution in [2.45, 2.75) is 51.2 Å². The number of hydrogen-bond donors (Lipinski definition) is 3. The summed E-state index contributed by atoms with van der Waals surface area (Å²) in [5, 5.41) is 17.8. The molecule has 2 atom stereocenters. The summed E-state index contributed by atoms with van der Waals surface area (Å²) >= 11 is -0.242. The van der Waals surface area contributed by atoms with Crippen molar-refractivity contribution in [2.24, 2.45) is 0 Å². The average Bonchev–Trinajstić information content (AvgIpc) is 1.98.